The number of ether oxygens (including phenoxy) is 1. The van der Waals surface area contributed by atoms with Crippen LogP contribution in [0.25, 0.3) is 0 Å². The second kappa shape index (κ2) is 13.2. The third-order valence-electron chi connectivity index (χ3n) is 7.91. The molecule has 0 unspecified atom stereocenters. The quantitative estimate of drug-likeness (QED) is 0.464. The van der Waals surface area contributed by atoms with E-state index in [0.29, 0.717) is 22.9 Å². The molecule has 1 aliphatic heterocycles. The first kappa shape index (κ1) is 28.9. The van der Waals surface area contributed by atoms with Gasteiger partial charge in [0.1, 0.15) is 5.75 Å². The molecule has 8 nitrogen and oxygen atoms in total. The molecule has 2 fully saturated rings. The summed E-state index contributed by atoms with van der Waals surface area (Å²) in [5.41, 5.74) is 1.28. The van der Waals surface area contributed by atoms with Crippen LogP contribution in [0.3, 0.4) is 0 Å². The zero-order valence-electron chi connectivity index (χ0n) is 22.8. The first-order valence-corrected chi connectivity index (χ1v) is 14.9. The third kappa shape index (κ3) is 7.91. The number of hydrogen-bond donors (Lipinski definition) is 2. The Morgan fingerprint density at radius 1 is 1.06 bits per heavy atom. The van der Waals surface area contributed by atoms with Crippen molar-refractivity contribution in [1.82, 2.24) is 19.8 Å². The van der Waals surface area contributed by atoms with Crippen LogP contribution in [0, 0.1) is 19.8 Å². The van der Waals surface area contributed by atoms with Gasteiger partial charge >= 0.3 is 0 Å². The van der Waals surface area contributed by atoms with Gasteiger partial charge in [-0.25, -0.2) is 12.7 Å². The highest BCUT2D eigenvalue weighted by Gasteiger charge is 2.27. The van der Waals surface area contributed by atoms with Crippen LogP contribution >= 0.6 is 0 Å². The highest BCUT2D eigenvalue weighted by Crippen LogP contribution is 2.28. The molecular weight excluding hydrogens is 476 g/mol. The fraction of sp³-hybridized carbons (Fsp3) is 0.741. The Balaban J connectivity index is 1.37. The van der Waals surface area contributed by atoms with Gasteiger partial charge in [-0.2, -0.15) is 0 Å². The fourth-order valence-electron chi connectivity index (χ4n) is 5.57. The van der Waals surface area contributed by atoms with Crippen molar-refractivity contribution >= 4 is 15.9 Å². The Kier molecular flexibility index (Phi) is 10.6. The number of carbonyl (C=O) groups excluding carboxylic acids is 1. The second-order valence-electron chi connectivity index (χ2n) is 10.8. The first-order valence-electron chi connectivity index (χ1n) is 13.4. The van der Waals surface area contributed by atoms with Crippen molar-refractivity contribution in [2.75, 3.05) is 47.4 Å². The van der Waals surface area contributed by atoms with E-state index in [0.717, 1.165) is 38.1 Å². The smallest absolute Gasteiger partial charge is 0.243 e. The molecule has 0 aromatic heterocycles. The number of hydrogen-bond acceptors (Lipinski definition) is 6. The van der Waals surface area contributed by atoms with Crippen LogP contribution in [-0.4, -0.2) is 83.0 Å². The molecule has 1 heterocycles. The summed E-state index contributed by atoms with van der Waals surface area (Å²) in [6.45, 7) is 7.14. The standard InChI is InChI=1S/C27H46N4O4S/c1-20-18-25(35-5)19-21(2)27(20)36(33,34)31(4)17-13-26(32)29-24-8-6-22(7-9-24)10-14-28-23-11-15-30(3)16-12-23/h18-19,22-24,28H,6-17H2,1-5H3,(H,29,32)/t22-,24-. The predicted octanol–water partition coefficient (Wildman–Crippen LogP) is 3.07. The third-order valence-corrected chi connectivity index (χ3v) is 10.1. The average Bonchev–Trinajstić information content (AvgIpc) is 2.84. The molecule has 0 radical (unpaired) electrons. The van der Waals surface area contributed by atoms with Gasteiger partial charge in [-0.3, -0.25) is 4.79 Å². The number of amides is 1. The zero-order chi connectivity index (χ0) is 26.3. The van der Waals surface area contributed by atoms with Crippen molar-refractivity contribution in [2.45, 2.75) is 82.2 Å². The number of benzene rings is 1. The molecule has 0 atom stereocenters. The molecule has 2 aliphatic rings. The number of sulfonamides is 1. The van der Waals surface area contributed by atoms with Crippen LogP contribution in [0.1, 0.15) is 62.5 Å². The summed E-state index contributed by atoms with van der Waals surface area (Å²) in [4.78, 5) is 15.3. The SMILES string of the molecule is COc1cc(C)c(S(=O)(=O)N(C)CCC(=O)N[C@H]2CC[C@H](CCNC3CCN(C)CC3)CC2)c(C)c1. The second-order valence-corrected chi connectivity index (χ2v) is 12.8. The lowest BCUT2D eigenvalue weighted by atomic mass is 9.84. The number of aryl methyl sites for hydroxylation is 2. The Labute approximate surface area is 218 Å². The minimum absolute atomic E-state index is 0.0763. The van der Waals surface area contributed by atoms with E-state index in [9.17, 15) is 13.2 Å². The van der Waals surface area contributed by atoms with E-state index in [2.05, 4.69) is 22.6 Å². The number of methoxy groups -OCH3 is 1. The van der Waals surface area contributed by atoms with E-state index in [1.165, 1.54) is 43.7 Å². The van der Waals surface area contributed by atoms with Crippen LogP contribution in [0.15, 0.2) is 17.0 Å². The van der Waals surface area contributed by atoms with Gasteiger partial charge in [0.25, 0.3) is 0 Å². The summed E-state index contributed by atoms with van der Waals surface area (Å²) in [7, 11) is 1.60. The van der Waals surface area contributed by atoms with Crippen LogP contribution < -0.4 is 15.4 Å². The average molecular weight is 523 g/mol. The summed E-state index contributed by atoms with van der Waals surface area (Å²) in [5.74, 6) is 1.28. The van der Waals surface area contributed by atoms with Gasteiger partial charge in [0, 0.05) is 32.1 Å². The predicted molar refractivity (Wildman–Crippen MR) is 144 cm³/mol. The van der Waals surface area contributed by atoms with Crippen LogP contribution in [0.5, 0.6) is 5.75 Å². The van der Waals surface area contributed by atoms with Crippen molar-refractivity contribution in [3.8, 4) is 5.75 Å². The summed E-state index contributed by atoms with van der Waals surface area (Å²) >= 11 is 0. The van der Waals surface area contributed by atoms with Gasteiger partial charge < -0.3 is 20.3 Å². The van der Waals surface area contributed by atoms with Crippen molar-refractivity contribution in [3.63, 3.8) is 0 Å². The molecule has 1 aliphatic carbocycles. The zero-order valence-corrected chi connectivity index (χ0v) is 23.6. The molecule has 3 rings (SSSR count). The minimum Gasteiger partial charge on any atom is -0.497 e. The van der Waals surface area contributed by atoms with E-state index in [-0.39, 0.29) is 29.8 Å². The monoisotopic (exact) mass is 522 g/mol. The molecule has 1 amide bonds. The molecule has 0 bridgehead atoms. The van der Waals surface area contributed by atoms with Gasteiger partial charge in [0.2, 0.25) is 15.9 Å². The maximum Gasteiger partial charge on any atom is 0.243 e. The summed E-state index contributed by atoms with van der Waals surface area (Å²) in [6.07, 6.45) is 8.14. The maximum atomic E-state index is 13.2. The molecule has 1 aromatic carbocycles. The van der Waals surface area contributed by atoms with Gasteiger partial charge in [-0.15, -0.1) is 0 Å². The molecule has 2 N–H and O–H groups in total. The van der Waals surface area contributed by atoms with E-state index < -0.39 is 10.0 Å². The highest BCUT2D eigenvalue weighted by molar-refractivity contribution is 7.89. The number of rotatable bonds is 11. The lowest BCUT2D eigenvalue weighted by Gasteiger charge is -2.32. The maximum absolute atomic E-state index is 13.2. The van der Waals surface area contributed by atoms with E-state index in [1.807, 2.05) is 0 Å². The van der Waals surface area contributed by atoms with Gasteiger partial charge in [0.05, 0.1) is 12.0 Å². The number of nitrogens with one attached hydrogen (secondary N) is 2. The van der Waals surface area contributed by atoms with E-state index >= 15 is 0 Å². The summed E-state index contributed by atoms with van der Waals surface area (Å²) in [6, 6.07) is 4.31. The fourth-order valence-corrected chi connectivity index (χ4v) is 7.14. The Bertz CT molecular complexity index is 945. The number of piperidine rings is 1. The van der Waals surface area contributed by atoms with Crippen LogP contribution in [-0.2, 0) is 14.8 Å². The number of nitrogens with zero attached hydrogens (tertiary/aromatic N) is 2. The number of carbonyl (C=O) groups is 1. The molecular formula is C27H46N4O4S. The van der Waals surface area contributed by atoms with Gasteiger partial charge in [-0.05, 0) is 115 Å². The topological polar surface area (TPSA) is 91.0 Å². The van der Waals surface area contributed by atoms with Gasteiger partial charge in [0.15, 0.2) is 0 Å². The van der Waals surface area contributed by atoms with Crippen molar-refractivity contribution in [1.29, 1.82) is 0 Å². The first-order chi connectivity index (χ1) is 17.1. The minimum atomic E-state index is -3.69. The molecule has 204 valence electrons. The molecule has 1 saturated heterocycles. The molecule has 9 heteroatoms. The van der Waals surface area contributed by atoms with E-state index in [1.54, 1.807) is 33.1 Å². The highest BCUT2D eigenvalue weighted by atomic mass is 32.2. The summed E-state index contributed by atoms with van der Waals surface area (Å²) in [5, 5.41) is 6.88. The lowest BCUT2D eigenvalue weighted by molar-refractivity contribution is -0.122. The molecule has 1 saturated carbocycles. The van der Waals surface area contributed by atoms with Crippen molar-refractivity contribution < 1.29 is 17.9 Å². The Morgan fingerprint density at radius 2 is 1.67 bits per heavy atom. The van der Waals surface area contributed by atoms with Crippen LogP contribution in [0.4, 0.5) is 0 Å². The van der Waals surface area contributed by atoms with E-state index in [4.69, 9.17) is 4.74 Å². The molecule has 36 heavy (non-hydrogen) atoms. The van der Waals surface area contributed by atoms with Gasteiger partial charge in [-0.1, -0.05) is 0 Å². The van der Waals surface area contributed by atoms with Crippen molar-refractivity contribution in [2.24, 2.45) is 5.92 Å². The largest absolute Gasteiger partial charge is 0.497 e. The normalized spacial score (nSPS) is 22.1. The molecule has 1 aromatic rings. The number of likely N-dealkylation sites (tertiary alicyclic amines) is 1. The van der Waals surface area contributed by atoms with Crippen LogP contribution in [0.2, 0.25) is 0 Å². The Morgan fingerprint density at radius 3 is 2.25 bits per heavy atom. The van der Waals surface area contributed by atoms with Crippen molar-refractivity contribution in [3.05, 3.63) is 23.3 Å². The molecule has 0 spiro atoms. The lowest BCUT2D eigenvalue weighted by Crippen LogP contribution is -2.42. The summed E-state index contributed by atoms with van der Waals surface area (Å²) < 4.78 is 32.8. The Hall–Kier alpha value is -1.68.